The zero-order valence-corrected chi connectivity index (χ0v) is 12.5. The van der Waals surface area contributed by atoms with Gasteiger partial charge in [-0.1, -0.05) is 6.07 Å². The van der Waals surface area contributed by atoms with Gasteiger partial charge >= 0.3 is 6.03 Å². The van der Waals surface area contributed by atoms with Gasteiger partial charge in [0.2, 0.25) is 6.29 Å². The van der Waals surface area contributed by atoms with Crippen molar-refractivity contribution in [3.63, 3.8) is 0 Å². The number of urea groups is 1. The first-order chi connectivity index (χ1) is 11.2. The normalized spacial score (nSPS) is 15.3. The summed E-state index contributed by atoms with van der Waals surface area (Å²) >= 11 is 0. The van der Waals surface area contributed by atoms with E-state index in [2.05, 4.69) is 10.4 Å². The number of imide groups is 1. The van der Waals surface area contributed by atoms with Gasteiger partial charge in [0.05, 0.1) is 25.5 Å². The van der Waals surface area contributed by atoms with Crippen molar-refractivity contribution in [1.29, 1.82) is 0 Å². The summed E-state index contributed by atoms with van der Waals surface area (Å²) in [5.41, 5.74) is 3.15. The van der Waals surface area contributed by atoms with Crippen LogP contribution in [0.3, 0.4) is 0 Å². The Hall–Kier alpha value is -2.58. The standard InChI is InChI=1S/C15H17N4O4/c20-10-7-19(15(22)17-18-8-11-23-12-9-18)14(21)5-4-13-3-1-2-6-16-13/h1-6H,7-9,11-12H2,(H,17,22). The Morgan fingerprint density at radius 1 is 1.39 bits per heavy atom. The molecule has 1 aromatic heterocycles. The maximum atomic E-state index is 12.1. The second kappa shape index (κ2) is 8.76. The van der Waals surface area contributed by atoms with Gasteiger partial charge in [-0.3, -0.25) is 24.9 Å². The van der Waals surface area contributed by atoms with Crippen LogP contribution in [0.25, 0.3) is 6.08 Å². The lowest BCUT2D eigenvalue weighted by Crippen LogP contribution is -2.54. The summed E-state index contributed by atoms with van der Waals surface area (Å²) in [6.45, 7) is 1.58. The number of ether oxygens (including phenoxy) is 1. The third-order valence-electron chi connectivity index (χ3n) is 3.08. The number of rotatable bonds is 5. The molecule has 1 fully saturated rings. The summed E-state index contributed by atoms with van der Waals surface area (Å²) in [7, 11) is 0. The number of amides is 3. The maximum Gasteiger partial charge on any atom is 0.339 e. The molecule has 8 nitrogen and oxygen atoms in total. The molecule has 1 radical (unpaired) electrons. The Morgan fingerprint density at radius 3 is 2.83 bits per heavy atom. The molecule has 23 heavy (non-hydrogen) atoms. The van der Waals surface area contributed by atoms with Crippen molar-refractivity contribution >= 4 is 24.3 Å². The largest absolute Gasteiger partial charge is 0.379 e. The Balaban J connectivity index is 1.98. The van der Waals surface area contributed by atoms with Gasteiger partial charge in [-0.05, 0) is 18.2 Å². The molecule has 0 saturated carbocycles. The van der Waals surface area contributed by atoms with Crippen molar-refractivity contribution in [2.24, 2.45) is 0 Å². The predicted octanol–water partition coefficient (Wildman–Crippen LogP) is -0.0101. The number of hydrazine groups is 1. The summed E-state index contributed by atoms with van der Waals surface area (Å²) in [4.78, 5) is 39.7. The Morgan fingerprint density at radius 2 is 2.17 bits per heavy atom. The minimum Gasteiger partial charge on any atom is -0.379 e. The first-order valence-electron chi connectivity index (χ1n) is 7.09. The van der Waals surface area contributed by atoms with Crippen LogP contribution in [0.2, 0.25) is 0 Å². The molecule has 1 aliphatic heterocycles. The number of hydrogen-bond donors (Lipinski definition) is 1. The van der Waals surface area contributed by atoms with E-state index in [1.165, 1.54) is 12.2 Å². The van der Waals surface area contributed by atoms with E-state index in [4.69, 9.17) is 4.74 Å². The number of nitrogens with zero attached hydrogens (tertiary/aromatic N) is 3. The predicted molar refractivity (Wildman–Crippen MR) is 81.6 cm³/mol. The summed E-state index contributed by atoms with van der Waals surface area (Å²) in [5.74, 6) is -0.621. The lowest BCUT2D eigenvalue weighted by Gasteiger charge is -2.29. The number of pyridine rings is 1. The SMILES string of the molecule is O=[C]CN(C(=O)C=Cc1ccccn1)C(=O)NN1CCOCC1. The fourth-order valence-corrected chi connectivity index (χ4v) is 1.91. The van der Waals surface area contributed by atoms with Gasteiger partial charge < -0.3 is 4.74 Å². The van der Waals surface area contributed by atoms with Gasteiger partial charge in [0.1, 0.15) is 0 Å². The van der Waals surface area contributed by atoms with Crippen LogP contribution in [0.4, 0.5) is 4.79 Å². The van der Waals surface area contributed by atoms with E-state index in [9.17, 15) is 14.4 Å². The summed E-state index contributed by atoms with van der Waals surface area (Å²) < 4.78 is 5.17. The average Bonchev–Trinajstić information content (AvgIpc) is 2.59. The molecule has 8 heteroatoms. The molecule has 0 atom stereocenters. The smallest absolute Gasteiger partial charge is 0.339 e. The Labute approximate surface area is 133 Å². The van der Waals surface area contributed by atoms with Crippen molar-refractivity contribution in [3.8, 4) is 0 Å². The van der Waals surface area contributed by atoms with Crippen molar-refractivity contribution < 1.29 is 19.1 Å². The lowest BCUT2D eigenvalue weighted by atomic mass is 10.3. The minimum absolute atomic E-state index is 0.443. The fourth-order valence-electron chi connectivity index (χ4n) is 1.91. The summed E-state index contributed by atoms with van der Waals surface area (Å²) in [6, 6.07) is 4.57. The van der Waals surface area contributed by atoms with E-state index in [-0.39, 0.29) is 0 Å². The number of nitrogens with one attached hydrogen (secondary N) is 1. The van der Waals surface area contributed by atoms with Gasteiger partial charge in [-0.15, -0.1) is 0 Å². The monoisotopic (exact) mass is 317 g/mol. The zero-order valence-electron chi connectivity index (χ0n) is 12.5. The first-order valence-corrected chi connectivity index (χ1v) is 7.09. The molecule has 2 heterocycles. The quantitative estimate of drug-likeness (QED) is 0.768. The van der Waals surface area contributed by atoms with Crippen molar-refractivity contribution in [3.05, 3.63) is 36.2 Å². The molecule has 3 amide bonds. The van der Waals surface area contributed by atoms with Crippen LogP contribution in [0, 0.1) is 0 Å². The molecule has 2 rings (SSSR count). The molecule has 0 spiro atoms. The van der Waals surface area contributed by atoms with Crippen LogP contribution in [0.15, 0.2) is 30.5 Å². The van der Waals surface area contributed by atoms with Crippen LogP contribution >= 0.6 is 0 Å². The highest BCUT2D eigenvalue weighted by Gasteiger charge is 2.22. The van der Waals surface area contributed by atoms with E-state index in [1.807, 2.05) is 0 Å². The molecule has 121 valence electrons. The molecule has 1 saturated heterocycles. The van der Waals surface area contributed by atoms with Gasteiger partial charge in [0.25, 0.3) is 5.91 Å². The van der Waals surface area contributed by atoms with Gasteiger partial charge in [-0.25, -0.2) is 9.80 Å². The van der Waals surface area contributed by atoms with Crippen LogP contribution in [0.1, 0.15) is 5.69 Å². The molecule has 1 aliphatic rings. The molecular formula is C15H17N4O4. The maximum absolute atomic E-state index is 12.1. The third-order valence-corrected chi connectivity index (χ3v) is 3.08. The highest BCUT2D eigenvalue weighted by atomic mass is 16.5. The van der Waals surface area contributed by atoms with Crippen LogP contribution in [-0.4, -0.2) is 66.0 Å². The molecule has 0 bridgehead atoms. The number of morpholine rings is 1. The van der Waals surface area contributed by atoms with E-state index < -0.39 is 18.5 Å². The molecular weight excluding hydrogens is 300 g/mol. The molecule has 1 aromatic rings. The van der Waals surface area contributed by atoms with Crippen LogP contribution in [-0.2, 0) is 14.3 Å². The van der Waals surface area contributed by atoms with E-state index >= 15 is 0 Å². The minimum atomic E-state index is -0.675. The number of carbonyl (C=O) groups is 2. The molecule has 1 N–H and O–H groups in total. The second-order valence-electron chi connectivity index (χ2n) is 4.67. The van der Waals surface area contributed by atoms with Gasteiger partial charge in [-0.2, -0.15) is 0 Å². The number of hydrogen-bond acceptors (Lipinski definition) is 6. The Bertz CT molecular complexity index is 570. The topological polar surface area (TPSA) is 91.8 Å². The van der Waals surface area contributed by atoms with Gasteiger partial charge in [0, 0.05) is 25.4 Å². The molecule has 0 unspecified atom stereocenters. The fraction of sp³-hybridized carbons (Fsp3) is 0.333. The van der Waals surface area contributed by atoms with Crippen LogP contribution < -0.4 is 5.43 Å². The Kier molecular flexibility index (Phi) is 6.40. The highest BCUT2D eigenvalue weighted by molar-refractivity contribution is 6.03. The molecule has 0 aromatic carbocycles. The lowest BCUT2D eigenvalue weighted by molar-refractivity contribution is -0.123. The van der Waals surface area contributed by atoms with Crippen molar-refractivity contribution in [2.45, 2.75) is 0 Å². The van der Waals surface area contributed by atoms with Crippen molar-refractivity contribution in [1.82, 2.24) is 20.3 Å². The van der Waals surface area contributed by atoms with Crippen molar-refractivity contribution in [2.75, 3.05) is 32.8 Å². The number of carbonyl (C=O) groups excluding carboxylic acids is 3. The average molecular weight is 317 g/mol. The van der Waals surface area contributed by atoms with Crippen LogP contribution in [0.5, 0.6) is 0 Å². The van der Waals surface area contributed by atoms with Gasteiger partial charge in [0.15, 0.2) is 0 Å². The first kappa shape index (κ1) is 16.8. The van der Waals surface area contributed by atoms with E-state index in [1.54, 1.807) is 35.7 Å². The molecule has 0 aliphatic carbocycles. The third kappa shape index (κ3) is 5.28. The second-order valence-corrected chi connectivity index (χ2v) is 4.67. The number of aromatic nitrogens is 1. The highest BCUT2D eigenvalue weighted by Crippen LogP contribution is 2.00. The zero-order chi connectivity index (χ0) is 16.5. The van der Waals surface area contributed by atoms with E-state index in [0.717, 1.165) is 4.90 Å². The summed E-state index contributed by atoms with van der Waals surface area (Å²) in [6.07, 6.45) is 5.82. The van der Waals surface area contributed by atoms with E-state index in [0.29, 0.717) is 32.0 Å². The summed E-state index contributed by atoms with van der Waals surface area (Å²) in [5, 5.41) is 1.64.